The van der Waals surface area contributed by atoms with E-state index in [1.54, 1.807) is 28.5 Å². The van der Waals surface area contributed by atoms with Crippen molar-refractivity contribution in [1.82, 2.24) is 14.9 Å². The van der Waals surface area contributed by atoms with Crippen molar-refractivity contribution in [2.45, 2.75) is 29.5 Å². The molecule has 1 saturated heterocycles. The Morgan fingerprint density at radius 1 is 1.00 bits per heavy atom. The van der Waals surface area contributed by atoms with Gasteiger partial charge in [0.25, 0.3) is 5.91 Å². The predicted molar refractivity (Wildman–Crippen MR) is 125 cm³/mol. The molecule has 0 saturated carbocycles. The SMILES string of the molecule is O=C(NCCC(=O)N1CCC(NS(=O)(=O)c2cccs2)CC1)c1ccc2ccccc2c1. The second kappa shape index (κ2) is 9.81. The maximum atomic E-state index is 12.5. The molecule has 1 fully saturated rings. The van der Waals surface area contributed by atoms with E-state index in [4.69, 9.17) is 0 Å². The second-order valence-electron chi connectivity index (χ2n) is 7.78. The van der Waals surface area contributed by atoms with Gasteiger partial charge in [-0.15, -0.1) is 11.3 Å². The van der Waals surface area contributed by atoms with E-state index in [-0.39, 0.29) is 30.8 Å². The third-order valence-electron chi connectivity index (χ3n) is 5.57. The highest BCUT2D eigenvalue weighted by Gasteiger charge is 2.27. The molecule has 2 N–H and O–H groups in total. The molecule has 7 nitrogen and oxygen atoms in total. The van der Waals surface area contributed by atoms with Crippen LogP contribution in [0.25, 0.3) is 10.8 Å². The first kappa shape index (κ1) is 22.4. The summed E-state index contributed by atoms with van der Waals surface area (Å²) >= 11 is 1.18. The molecule has 168 valence electrons. The number of hydrogen-bond acceptors (Lipinski definition) is 5. The maximum Gasteiger partial charge on any atom is 0.251 e. The van der Waals surface area contributed by atoms with E-state index in [9.17, 15) is 18.0 Å². The summed E-state index contributed by atoms with van der Waals surface area (Å²) in [6.45, 7) is 1.25. The number of nitrogens with zero attached hydrogens (tertiary/aromatic N) is 1. The van der Waals surface area contributed by atoms with E-state index in [2.05, 4.69) is 10.0 Å². The number of likely N-dealkylation sites (tertiary alicyclic amines) is 1. The van der Waals surface area contributed by atoms with Crippen LogP contribution in [0.5, 0.6) is 0 Å². The van der Waals surface area contributed by atoms with E-state index in [0.29, 0.717) is 35.7 Å². The average molecular weight is 472 g/mol. The Balaban J connectivity index is 1.21. The van der Waals surface area contributed by atoms with Gasteiger partial charge in [0.2, 0.25) is 15.9 Å². The quantitative estimate of drug-likeness (QED) is 0.554. The predicted octanol–water partition coefficient (Wildman–Crippen LogP) is 2.99. The molecule has 0 atom stereocenters. The van der Waals surface area contributed by atoms with Crippen LogP contribution in [-0.4, -0.2) is 50.8 Å². The van der Waals surface area contributed by atoms with Crippen LogP contribution in [-0.2, 0) is 14.8 Å². The van der Waals surface area contributed by atoms with Crippen molar-refractivity contribution in [2.24, 2.45) is 0 Å². The Kier molecular flexibility index (Phi) is 6.88. The summed E-state index contributed by atoms with van der Waals surface area (Å²) in [6.07, 6.45) is 1.35. The molecular formula is C23H25N3O4S2. The van der Waals surface area contributed by atoms with Gasteiger partial charge in [-0.25, -0.2) is 13.1 Å². The van der Waals surface area contributed by atoms with Gasteiger partial charge in [0.1, 0.15) is 4.21 Å². The standard InChI is InChI=1S/C23H25N3O4S2/c27-21(9-12-24-23(28)19-8-7-17-4-1-2-5-18(17)16-19)26-13-10-20(11-14-26)25-32(29,30)22-6-3-15-31-22/h1-8,15-16,20,25H,9-14H2,(H,24,28). The molecule has 1 aliphatic rings. The zero-order valence-electron chi connectivity index (χ0n) is 17.5. The van der Waals surface area contributed by atoms with Gasteiger partial charge in [-0.1, -0.05) is 36.4 Å². The number of thiophene rings is 1. The van der Waals surface area contributed by atoms with Gasteiger partial charge < -0.3 is 10.2 Å². The van der Waals surface area contributed by atoms with Crippen molar-refractivity contribution in [3.05, 3.63) is 65.5 Å². The first-order chi connectivity index (χ1) is 15.4. The number of nitrogens with one attached hydrogen (secondary N) is 2. The lowest BCUT2D eigenvalue weighted by molar-refractivity contribution is -0.132. The summed E-state index contributed by atoms with van der Waals surface area (Å²) in [6, 6.07) is 16.5. The Labute approximate surface area is 191 Å². The lowest BCUT2D eigenvalue weighted by Gasteiger charge is -2.32. The second-order valence-corrected chi connectivity index (χ2v) is 10.7. The summed E-state index contributed by atoms with van der Waals surface area (Å²) in [4.78, 5) is 26.7. The number of piperidine rings is 1. The fourth-order valence-corrected chi connectivity index (χ4v) is 6.13. The molecule has 2 aromatic carbocycles. The van der Waals surface area contributed by atoms with Gasteiger partial charge in [-0.3, -0.25) is 9.59 Å². The maximum absolute atomic E-state index is 12.5. The minimum absolute atomic E-state index is 0.0385. The van der Waals surface area contributed by atoms with Gasteiger partial charge in [-0.05, 0) is 47.2 Å². The van der Waals surface area contributed by atoms with Crippen molar-refractivity contribution < 1.29 is 18.0 Å². The number of benzene rings is 2. The largest absolute Gasteiger partial charge is 0.352 e. The Morgan fingerprint density at radius 2 is 1.75 bits per heavy atom. The zero-order chi connectivity index (χ0) is 22.6. The molecule has 2 heterocycles. The Hall–Kier alpha value is -2.75. The third-order valence-corrected chi connectivity index (χ3v) is 8.48. The molecule has 3 aromatic rings. The van der Waals surface area contributed by atoms with Crippen molar-refractivity contribution in [2.75, 3.05) is 19.6 Å². The van der Waals surface area contributed by atoms with Crippen molar-refractivity contribution in [1.29, 1.82) is 0 Å². The van der Waals surface area contributed by atoms with Gasteiger partial charge in [0, 0.05) is 37.7 Å². The number of rotatable bonds is 7. The summed E-state index contributed by atoms with van der Waals surface area (Å²) in [5.41, 5.74) is 0.565. The van der Waals surface area contributed by atoms with E-state index in [1.807, 2.05) is 36.4 Å². The van der Waals surface area contributed by atoms with Gasteiger partial charge in [-0.2, -0.15) is 0 Å². The minimum atomic E-state index is -3.50. The van der Waals surface area contributed by atoms with Gasteiger partial charge >= 0.3 is 0 Å². The molecule has 1 aromatic heterocycles. The summed E-state index contributed by atoms with van der Waals surface area (Å²) in [7, 11) is -3.50. The molecule has 0 spiro atoms. The summed E-state index contributed by atoms with van der Waals surface area (Å²) < 4.78 is 27.7. The zero-order valence-corrected chi connectivity index (χ0v) is 19.1. The molecule has 4 rings (SSSR count). The fourth-order valence-electron chi connectivity index (χ4n) is 3.81. The van der Waals surface area contributed by atoms with Crippen LogP contribution in [0.3, 0.4) is 0 Å². The summed E-state index contributed by atoms with van der Waals surface area (Å²) in [5, 5.41) is 6.61. The number of carbonyl (C=O) groups is 2. The molecular weight excluding hydrogens is 446 g/mol. The van der Waals surface area contributed by atoms with Crippen LogP contribution in [0.1, 0.15) is 29.6 Å². The molecule has 0 radical (unpaired) electrons. The molecule has 32 heavy (non-hydrogen) atoms. The van der Waals surface area contributed by atoms with Crippen LogP contribution in [0, 0.1) is 0 Å². The molecule has 9 heteroatoms. The van der Waals surface area contributed by atoms with Crippen LogP contribution in [0.4, 0.5) is 0 Å². The molecule has 0 unspecified atom stereocenters. The number of amides is 2. The average Bonchev–Trinajstić information content (AvgIpc) is 3.35. The molecule has 0 aliphatic carbocycles. The number of sulfonamides is 1. The van der Waals surface area contributed by atoms with Crippen molar-refractivity contribution >= 4 is 43.9 Å². The van der Waals surface area contributed by atoms with Crippen LogP contribution < -0.4 is 10.0 Å². The van der Waals surface area contributed by atoms with Crippen molar-refractivity contribution in [3.8, 4) is 0 Å². The van der Waals surface area contributed by atoms with Gasteiger partial charge in [0.05, 0.1) is 0 Å². The normalized spacial score (nSPS) is 15.1. The third kappa shape index (κ3) is 5.35. The number of fused-ring (bicyclic) bond motifs is 1. The lowest BCUT2D eigenvalue weighted by atomic mass is 10.1. The first-order valence-electron chi connectivity index (χ1n) is 10.5. The van der Waals surface area contributed by atoms with E-state index >= 15 is 0 Å². The summed E-state index contributed by atoms with van der Waals surface area (Å²) in [5.74, 6) is -0.242. The molecule has 0 bridgehead atoms. The Morgan fingerprint density at radius 3 is 2.47 bits per heavy atom. The van der Waals surface area contributed by atoms with Crippen molar-refractivity contribution in [3.63, 3.8) is 0 Å². The minimum Gasteiger partial charge on any atom is -0.352 e. The van der Waals surface area contributed by atoms with E-state index < -0.39 is 10.0 Å². The monoisotopic (exact) mass is 471 g/mol. The van der Waals surface area contributed by atoms with Gasteiger partial charge in [0.15, 0.2) is 0 Å². The Bertz CT molecular complexity index is 1200. The first-order valence-corrected chi connectivity index (χ1v) is 12.9. The highest BCUT2D eigenvalue weighted by Crippen LogP contribution is 2.19. The lowest BCUT2D eigenvalue weighted by Crippen LogP contribution is -2.46. The van der Waals surface area contributed by atoms with E-state index in [0.717, 1.165) is 10.8 Å². The van der Waals surface area contributed by atoms with Crippen LogP contribution in [0.15, 0.2) is 64.2 Å². The van der Waals surface area contributed by atoms with Crippen LogP contribution in [0.2, 0.25) is 0 Å². The topological polar surface area (TPSA) is 95.6 Å². The number of hydrogen-bond donors (Lipinski definition) is 2. The fraction of sp³-hybridized carbons (Fsp3) is 0.304. The molecule has 2 amide bonds. The molecule has 1 aliphatic heterocycles. The highest BCUT2D eigenvalue weighted by atomic mass is 32.2. The smallest absolute Gasteiger partial charge is 0.251 e. The van der Waals surface area contributed by atoms with E-state index in [1.165, 1.54) is 11.3 Å². The van der Waals surface area contributed by atoms with Crippen LogP contribution >= 0.6 is 11.3 Å². The number of carbonyl (C=O) groups excluding carboxylic acids is 2. The highest BCUT2D eigenvalue weighted by molar-refractivity contribution is 7.91.